The van der Waals surface area contributed by atoms with Crippen LogP contribution in [0.25, 0.3) is 11.5 Å². The van der Waals surface area contributed by atoms with E-state index in [-0.39, 0.29) is 11.4 Å². The molecule has 0 bridgehead atoms. The molecule has 33 heavy (non-hydrogen) atoms. The van der Waals surface area contributed by atoms with Crippen LogP contribution < -0.4 is 4.74 Å². The molecule has 1 atom stereocenters. The molecule has 0 unspecified atom stereocenters. The first-order valence-electron chi connectivity index (χ1n) is 10.5. The first-order chi connectivity index (χ1) is 15.5. The number of aromatic nitrogens is 1. The molecular formula is C24H28N2O6S. The lowest BCUT2D eigenvalue weighted by atomic mass is 10.0. The van der Waals surface area contributed by atoms with Gasteiger partial charge in [-0.25, -0.2) is 13.4 Å². The van der Waals surface area contributed by atoms with Gasteiger partial charge in [0.05, 0.1) is 24.2 Å². The molecule has 0 radical (unpaired) electrons. The standard InChI is InChI=1S/C24H28N2O6S/c1-15(2)22(24(27)28)26(33(29,30)20-12-6-16(3)7-13-20)14-21-17(4)32-23(25-21)18-8-10-19(31-5)11-9-18/h6-13,15,22H,14H2,1-5H3,(H,27,28)/t22-/m1/s1. The number of hydrogen-bond acceptors (Lipinski definition) is 6. The molecule has 0 aliphatic heterocycles. The summed E-state index contributed by atoms with van der Waals surface area (Å²) in [4.78, 5) is 16.6. The first kappa shape index (κ1) is 24.5. The zero-order chi connectivity index (χ0) is 24.3. The van der Waals surface area contributed by atoms with Gasteiger partial charge >= 0.3 is 5.97 Å². The summed E-state index contributed by atoms with van der Waals surface area (Å²) in [6, 6.07) is 12.1. The molecular weight excluding hydrogens is 444 g/mol. The summed E-state index contributed by atoms with van der Waals surface area (Å²) in [5.41, 5.74) is 1.94. The van der Waals surface area contributed by atoms with E-state index >= 15 is 0 Å². The van der Waals surface area contributed by atoms with Crippen LogP contribution in [0.1, 0.15) is 30.9 Å². The largest absolute Gasteiger partial charge is 0.497 e. The third kappa shape index (κ3) is 5.26. The van der Waals surface area contributed by atoms with Crippen molar-refractivity contribution in [3.8, 4) is 17.2 Å². The SMILES string of the molecule is COc1ccc(-c2nc(CN([C@@H](C(=O)O)C(C)C)S(=O)(=O)c3ccc(C)cc3)c(C)o2)cc1. The molecule has 0 saturated heterocycles. The second-order valence-corrected chi connectivity index (χ2v) is 10.0. The van der Waals surface area contributed by atoms with Crippen molar-refractivity contribution in [2.24, 2.45) is 5.92 Å². The molecule has 1 N–H and O–H groups in total. The zero-order valence-corrected chi connectivity index (χ0v) is 20.1. The molecule has 1 heterocycles. The summed E-state index contributed by atoms with van der Waals surface area (Å²) < 4.78 is 39.0. The highest BCUT2D eigenvalue weighted by atomic mass is 32.2. The predicted octanol–water partition coefficient (Wildman–Crippen LogP) is 4.27. The maximum atomic E-state index is 13.5. The molecule has 8 nitrogen and oxygen atoms in total. The Morgan fingerprint density at radius 2 is 1.70 bits per heavy atom. The molecule has 176 valence electrons. The maximum Gasteiger partial charge on any atom is 0.322 e. The topological polar surface area (TPSA) is 110 Å². The Balaban J connectivity index is 2.04. The molecule has 0 fully saturated rings. The monoisotopic (exact) mass is 472 g/mol. The van der Waals surface area contributed by atoms with Crippen molar-refractivity contribution in [1.82, 2.24) is 9.29 Å². The molecule has 0 spiro atoms. The number of carboxylic acid groups (broad SMARTS) is 1. The molecule has 0 saturated carbocycles. The van der Waals surface area contributed by atoms with E-state index in [0.29, 0.717) is 28.7 Å². The average Bonchev–Trinajstić information content (AvgIpc) is 3.13. The normalized spacial score (nSPS) is 12.8. The average molecular weight is 473 g/mol. The number of nitrogens with zero attached hydrogens (tertiary/aromatic N) is 2. The zero-order valence-electron chi connectivity index (χ0n) is 19.3. The quantitative estimate of drug-likeness (QED) is 0.495. The molecule has 3 aromatic rings. The number of carbonyl (C=O) groups is 1. The number of ether oxygens (including phenoxy) is 1. The number of benzene rings is 2. The smallest absolute Gasteiger partial charge is 0.322 e. The molecule has 2 aromatic carbocycles. The third-order valence-corrected chi connectivity index (χ3v) is 7.20. The second kappa shape index (κ2) is 9.76. The van der Waals surface area contributed by atoms with Gasteiger partial charge in [-0.3, -0.25) is 4.79 Å². The second-order valence-electron chi connectivity index (χ2n) is 8.14. The van der Waals surface area contributed by atoms with Crippen LogP contribution in [0.15, 0.2) is 57.8 Å². The van der Waals surface area contributed by atoms with Gasteiger partial charge < -0.3 is 14.3 Å². The van der Waals surface area contributed by atoms with Gasteiger partial charge in [0.15, 0.2) is 0 Å². The number of aryl methyl sites for hydroxylation is 2. The van der Waals surface area contributed by atoms with Gasteiger partial charge in [0.25, 0.3) is 0 Å². The fraction of sp³-hybridized carbons (Fsp3) is 0.333. The van der Waals surface area contributed by atoms with Crippen molar-refractivity contribution in [3.05, 3.63) is 65.5 Å². The van der Waals surface area contributed by atoms with Crippen LogP contribution in [0.3, 0.4) is 0 Å². The van der Waals surface area contributed by atoms with Crippen molar-refractivity contribution in [2.75, 3.05) is 7.11 Å². The number of oxazole rings is 1. The van der Waals surface area contributed by atoms with Gasteiger partial charge in [0, 0.05) is 5.56 Å². The maximum absolute atomic E-state index is 13.5. The Hall–Kier alpha value is -3.17. The highest BCUT2D eigenvalue weighted by molar-refractivity contribution is 7.89. The van der Waals surface area contributed by atoms with Crippen LogP contribution in [0.4, 0.5) is 0 Å². The Labute approximate surface area is 193 Å². The van der Waals surface area contributed by atoms with Crippen molar-refractivity contribution < 1.29 is 27.5 Å². The van der Waals surface area contributed by atoms with E-state index in [2.05, 4.69) is 4.98 Å². The lowest BCUT2D eigenvalue weighted by Crippen LogP contribution is -2.47. The van der Waals surface area contributed by atoms with E-state index in [0.717, 1.165) is 9.87 Å². The predicted molar refractivity (Wildman–Crippen MR) is 123 cm³/mol. The van der Waals surface area contributed by atoms with Crippen LogP contribution >= 0.6 is 0 Å². The van der Waals surface area contributed by atoms with Gasteiger partial charge in [-0.1, -0.05) is 31.5 Å². The fourth-order valence-corrected chi connectivity index (χ4v) is 5.17. The van der Waals surface area contributed by atoms with Crippen molar-refractivity contribution in [1.29, 1.82) is 0 Å². The number of hydrogen-bond donors (Lipinski definition) is 1. The van der Waals surface area contributed by atoms with Gasteiger partial charge in [-0.05, 0) is 56.2 Å². The summed E-state index contributed by atoms with van der Waals surface area (Å²) in [5.74, 6) is -0.292. The fourth-order valence-electron chi connectivity index (χ4n) is 3.50. The summed E-state index contributed by atoms with van der Waals surface area (Å²) in [6.07, 6.45) is 0. The minimum Gasteiger partial charge on any atom is -0.497 e. The van der Waals surface area contributed by atoms with E-state index in [9.17, 15) is 18.3 Å². The van der Waals surface area contributed by atoms with E-state index < -0.39 is 28.0 Å². The number of methoxy groups -OCH3 is 1. The van der Waals surface area contributed by atoms with Crippen LogP contribution in [-0.4, -0.2) is 41.9 Å². The molecule has 0 amide bonds. The number of carboxylic acids is 1. The van der Waals surface area contributed by atoms with Crippen LogP contribution in [0.5, 0.6) is 5.75 Å². The Morgan fingerprint density at radius 3 is 2.21 bits per heavy atom. The van der Waals surface area contributed by atoms with E-state index in [4.69, 9.17) is 9.15 Å². The van der Waals surface area contributed by atoms with Crippen molar-refractivity contribution in [3.63, 3.8) is 0 Å². The van der Waals surface area contributed by atoms with Crippen molar-refractivity contribution in [2.45, 2.75) is 45.2 Å². The van der Waals surface area contributed by atoms with Crippen molar-refractivity contribution >= 4 is 16.0 Å². The summed E-state index contributed by atoms with van der Waals surface area (Å²) >= 11 is 0. The van der Waals surface area contributed by atoms with E-state index in [1.165, 1.54) is 12.1 Å². The molecule has 3 rings (SSSR count). The lowest BCUT2D eigenvalue weighted by molar-refractivity contribution is -0.143. The van der Waals surface area contributed by atoms with Gasteiger partial charge in [0.1, 0.15) is 17.6 Å². The molecule has 0 aliphatic carbocycles. The minimum absolute atomic E-state index is 0.0246. The van der Waals surface area contributed by atoms with Crippen LogP contribution in [-0.2, 0) is 21.4 Å². The highest BCUT2D eigenvalue weighted by Crippen LogP contribution is 2.29. The Bertz CT molecular complexity index is 1210. The van der Waals surface area contributed by atoms with Gasteiger partial charge in [0.2, 0.25) is 15.9 Å². The third-order valence-electron chi connectivity index (χ3n) is 5.36. The molecule has 9 heteroatoms. The van der Waals surface area contributed by atoms with E-state index in [1.807, 2.05) is 6.92 Å². The minimum atomic E-state index is -4.13. The highest BCUT2D eigenvalue weighted by Gasteiger charge is 2.39. The van der Waals surface area contributed by atoms with Gasteiger partial charge in [-0.2, -0.15) is 4.31 Å². The first-order valence-corrected chi connectivity index (χ1v) is 11.9. The number of aliphatic carboxylic acids is 1. The summed E-state index contributed by atoms with van der Waals surface area (Å²) in [6.45, 7) is 6.64. The Morgan fingerprint density at radius 1 is 1.09 bits per heavy atom. The lowest BCUT2D eigenvalue weighted by Gasteiger charge is -2.30. The molecule has 1 aromatic heterocycles. The molecule has 0 aliphatic rings. The number of sulfonamides is 1. The van der Waals surface area contributed by atoms with Gasteiger partial charge in [-0.15, -0.1) is 0 Å². The summed E-state index contributed by atoms with van der Waals surface area (Å²) in [7, 11) is -2.56. The number of rotatable bonds is 9. The van der Waals surface area contributed by atoms with Crippen LogP contribution in [0.2, 0.25) is 0 Å². The van der Waals surface area contributed by atoms with Crippen LogP contribution in [0, 0.1) is 19.8 Å². The summed E-state index contributed by atoms with van der Waals surface area (Å²) in [5, 5.41) is 9.89. The van der Waals surface area contributed by atoms with E-state index in [1.54, 1.807) is 64.3 Å². The Kier molecular flexibility index (Phi) is 7.24.